The average molecular weight is 406 g/mol. The number of hydrogen-bond donors (Lipinski definition) is 3. The highest BCUT2D eigenvalue weighted by molar-refractivity contribution is 6.05. The van der Waals surface area contributed by atoms with Gasteiger partial charge in [0.05, 0.1) is 12.7 Å². The summed E-state index contributed by atoms with van der Waals surface area (Å²) in [6.07, 6.45) is -0.674. The molecule has 9 atom stereocenters. The predicted octanol–water partition coefficient (Wildman–Crippen LogP) is 0.946. The van der Waals surface area contributed by atoms with E-state index in [1.165, 1.54) is 6.92 Å². The Morgan fingerprint density at radius 3 is 2.55 bits per heavy atom. The molecule has 29 heavy (non-hydrogen) atoms. The molecule has 4 saturated carbocycles. The van der Waals surface area contributed by atoms with Crippen molar-refractivity contribution < 1.29 is 34.4 Å². The SMILES string of the molecule is C=C1C(=O)[C@]23[C@H](O)[C@H]1CC[C@H]2[C@@]12CO[C@]3(O)[C@@H](O)[C@@H]1C(C)(C)CC[C@@H]2OC(C)=O. The summed E-state index contributed by atoms with van der Waals surface area (Å²) < 4.78 is 11.7. The van der Waals surface area contributed by atoms with Gasteiger partial charge >= 0.3 is 5.97 Å². The molecule has 6 aliphatic rings. The first-order valence-corrected chi connectivity index (χ1v) is 10.6. The van der Waals surface area contributed by atoms with Crippen LogP contribution in [0, 0.1) is 34.0 Å². The highest BCUT2D eigenvalue weighted by Crippen LogP contribution is 2.76. The zero-order chi connectivity index (χ0) is 21.1. The Kier molecular flexibility index (Phi) is 3.73. The number of aliphatic hydroxyl groups excluding tert-OH is 2. The minimum Gasteiger partial charge on any atom is -0.462 e. The van der Waals surface area contributed by atoms with Crippen LogP contribution in [0.4, 0.5) is 0 Å². The van der Waals surface area contributed by atoms with Gasteiger partial charge in [-0.05, 0) is 42.6 Å². The average Bonchev–Trinajstić information content (AvgIpc) is 2.74. The minimum atomic E-state index is -2.19. The van der Waals surface area contributed by atoms with Gasteiger partial charge < -0.3 is 24.8 Å². The van der Waals surface area contributed by atoms with Crippen LogP contribution in [0.1, 0.15) is 46.5 Å². The molecule has 0 aromatic carbocycles. The molecule has 7 nitrogen and oxygen atoms in total. The van der Waals surface area contributed by atoms with Crippen molar-refractivity contribution >= 4 is 11.8 Å². The number of rotatable bonds is 1. The Labute approximate surface area is 170 Å². The number of fused-ring (bicyclic) bond motifs is 2. The van der Waals surface area contributed by atoms with Crippen LogP contribution < -0.4 is 0 Å². The minimum absolute atomic E-state index is 0.0795. The van der Waals surface area contributed by atoms with Gasteiger partial charge in [0.2, 0.25) is 5.79 Å². The topological polar surface area (TPSA) is 113 Å². The maximum Gasteiger partial charge on any atom is 0.302 e. The van der Waals surface area contributed by atoms with Crippen molar-refractivity contribution in [3.05, 3.63) is 12.2 Å². The van der Waals surface area contributed by atoms with Gasteiger partial charge in [-0.1, -0.05) is 20.4 Å². The summed E-state index contributed by atoms with van der Waals surface area (Å²) in [7, 11) is 0. The zero-order valence-corrected chi connectivity index (χ0v) is 17.2. The van der Waals surface area contributed by atoms with Crippen molar-refractivity contribution in [1.29, 1.82) is 0 Å². The summed E-state index contributed by atoms with van der Waals surface area (Å²) >= 11 is 0. The fourth-order valence-corrected chi connectivity index (χ4v) is 8.24. The summed E-state index contributed by atoms with van der Waals surface area (Å²) in [6.45, 7) is 9.43. The van der Waals surface area contributed by atoms with Crippen molar-refractivity contribution in [2.24, 2.45) is 34.0 Å². The molecule has 7 heteroatoms. The molecule has 0 radical (unpaired) electrons. The summed E-state index contributed by atoms with van der Waals surface area (Å²) in [6, 6.07) is 0. The normalized spacial score (nSPS) is 54.7. The molecule has 4 bridgehead atoms. The Bertz CT molecular complexity index is 820. The molecule has 2 saturated heterocycles. The predicted molar refractivity (Wildman–Crippen MR) is 100 cm³/mol. The molecule has 2 heterocycles. The summed E-state index contributed by atoms with van der Waals surface area (Å²) in [4.78, 5) is 25.5. The molecule has 0 unspecified atom stereocenters. The Morgan fingerprint density at radius 2 is 1.90 bits per heavy atom. The van der Waals surface area contributed by atoms with E-state index < -0.39 is 64.4 Å². The van der Waals surface area contributed by atoms with Crippen LogP contribution in [0.2, 0.25) is 0 Å². The van der Waals surface area contributed by atoms with Crippen LogP contribution in [0.15, 0.2) is 12.2 Å². The van der Waals surface area contributed by atoms with Gasteiger partial charge in [0.15, 0.2) is 5.78 Å². The van der Waals surface area contributed by atoms with E-state index in [0.717, 1.165) is 0 Å². The smallest absolute Gasteiger partial charge is 0.302 e. The molecule has 0 amide bonds. The van der Waals surface area contributed by atoms with E-state index >= 15 is 0 Å². The quantitative estimate of drug-likeness (QED) is 0.439. The summed E-state index contributed by atoms with van der Waals surface area (Å²) in [5, 5.41) is 34.5. The van der Waals surface area contributed by atoms with Crippen LogP contribution in [-0.2, 0) is 19.1 Å². The third-order valence-corrected chi connectivity index (χ3v) is 9.16. The van der Waals surface area contributed by atoms with Crippen molar-refractivity contribution in [1.82, 2.24) is 0 Å². The molecule has 4 aliphatic carbocycles. The van der Waals surface area contributed by atoms with Gasteiger partial charge in [0, 0.05) is 24.2 Å². The van der Waals surface area contributed by atoms with Crippen LogP contribution in [-0.4, -0.2) is 57.8 Å². The number of esters is 1. The van der Waals surface area contributed by atoms with Gasteiger partial charge in [0.25, 0.3) is 0 Å². The molecule has 160 valence electrons. The van der Waals surface area contributed by atoms with E-state index in [0.29, 0.717) is 31.3 Å². The van der Waals surface area contributed by atoms with Gasteiger partial charge in [-0.2, -0.15) is 0 Å². The fourth-order valence-electron chi connectivity index (χ4n) is 8.24. The Hall–Kier alpha value is -1.28. The van der Waals surface area contributed by atoms with Crippen molar-refractivity contribution in [2.75, 3.05) is 6.61 Å². The monoisotopic (exact) mass is 406 g/mol. The number of hydrogen-bond acceptors (Lipinski definition) is 7. The molecule has 2 spiro atoms. The first kappa shape index (κ1) is 19.7. The van der Waals surface area contributed by atoms with E-state index in [1.807, 2.05) is 13.8 Å². The van der Waals surface area contributed by atoms with E-state index in [9.17, 15) is 24.9 Å². The third-order valence-electron chi connectivity index (χ3n) is 9.16. The molecular weight excluding hydrogens is 376 g/mol. The van der Waals surface area contributed by atoms with E-state index in [4.69, 9.17) is 9.47 Å². The largest absolute Gasteiger partial charge is 0.462 e. The lowest BCUT2D eigenvalue weighted by molar-refractivity contribution is -0.458. The Balaban J connectivity index is 1.79. The third kappa shape index (κ3) is 1.86. The maximum atomic E-state index is 13.5. The number of carbonyl (C=O) groups is 2. The van der Waals surface area contributed by atoms with Gasteiger partial charge in [0.1, 0.15) is 17.6 Å². The van der Waals surface area contributed by atoms with Crippen LogP contribution in [0.5, 0.6) is 0 Å². The van der Waals surface area contributed by atoms with Crippen molar-refractivity contribution in [3.8, 4) is 0 Å². The second-order valence-corrected chi connectivity index (χ2v) is 10.5. The summed E-state index contributed by atoms with van der Waals surface area (Å²) in [5.74, 6) is -4.38. The van der Waals surface area contributed by atoms with Crippen molar-refractivity contribution in [2.45, 2.75) is 70.6 Å². The highest BCUT2D eigenvalue weighted by atomic mass is 16.6. The molecular formula is C22H30O7. The number of ether oxygens (including phenoxy) is 2. The fraction of sp³-hybridized carbons (Fsp3) is 0.818. The molecule has 0 aromatic heterocycles. The maximum absolute atomic E-state index is 13.5. The van der Waals surface area contributed by atoms with E-state index in [-0.39, 0.29) is 12.0 Å². The molecule has 0 aromatic rings. The standard InChI is InChI=1S/C22H30O7/c1-10-12-5-6-13-20-9-28-22(27,21(13,16(10)24)17(12)25)18(26)15(20)19(3,4)8-7-14(20)29-11(2)23/h12-15,17-18,25-27H,1,5-9H2,2-4H3/t12-,13-,14-,15+,17+,18-,20+,21-,22+/m0/s1. The molecule has 6 fully saturated rings. The Morgan fingerprint density at radius 1 is 1.21 bits per heavy atom. The molecule has 3 N–H and O–H groups in total. The zero-order valence-electron chi connectivity index (χ0n) is 17.2. The van der Waals surface area contributed by atoms with Crippen LogP contribution in [0.25, 0.3) is 0 Å². The van der Waals surface area contributed by atoms with Gasteiger partial charge in [-0.25, -0.2) is 0 Å². The number of ketones is 1. The van der Waals surface area contributed by atoms with Gasteiger partial charge in [-0.15, -0.1) is 0 Å². The van der Waals surface area contributed by atoms with Crippen LogP contribution in [0.3, 0.4) is 0 Å². The molecule has 6 rings (SSSR count). The number of aliphatic hydroxyl groups is 3. The first-order valence-electron chi connectivity index (χ1n) is 10.6. The van der Waals surface area contributed by atoms with E-state index in [1.54, 1.807) is 0 Å². The number of carbonyl (C=O) groups excluding carboxylic acids is 2. The second-order valence-electron chi connectivity index (χ2n) is 10.5. The second kappa shape index (κ2) is 5.49. The lowest BCUT2D eigenvalue weighted by Gasteiger charge is -2.74. The van der Waals surface area contributed by atoms with E-state index in [2.05, 4.69) is 6.58 Å². The van der Waals surface area contributed by atoms with Crippen LogP contribution >= 0.6 is 0 Å². The lowest BCUT2D eigenvalue weighted by Crippen LogP contribution is -2.85. The highest BCUT2D eigenvalue weighted by Gasteiger charge is 2.87. The lowest BCUT2D eigenvalue weighted by atomic mass is 9.35. The first-order chi connectivity index (χ1) is 13.5. The van der Waals surface area contributed by atoms with Gasteiger partial charge in [-0.3, -0.25) is 9.59 Å². The van der Waals surface area contributed by atoms with Crippen molar-refractivity contribution in [3.63, 3.8) is 0 Å². The number of Topliss-reactive ketones (excluding diaryl/α,β-unsaturated/α-hetero) is 1. The summed E-state index contributed by atoms with van der Waals surface area (Å²) in [5.41, 5.74) is -2.60. The molecule has 2 aliphatic heterocycles.